The SMILES string of the molecule is O=S1(=O)CCCc2cc(Nc3ncc(-c4nc(CN5CCCC5)no4)c(N[C@H](CO)c4ccccc4)n3)ccc21. The highest BCUT2D eigenvalue weighted by molar-refractivity contribution is 7.91. The number of aromatic nitrogens is 4. The van der Waals surface area contributed by atoms with Gasteiger partial charge in [-0.25, -0.2) is 13.4 Å². The van der Waals surface area contributed by atoms with Crippen LogP contribution in [0.25, 0.3) is 11.5 Å². The minimum atomic E-state index is -3.24. The lowest BCUT2D eigenvalue weighted by Gasteiger charge is -2.20. The van der Waals surface area contributed by atoms with E-state index in [1.807, 2.05) is 36.4 Å². The molecular formula is C28H31N7O4S. The summed E-state index contributed by atoms with van der Waals surface area (Å²) in [6.07, 6.45) is 5.24. The monoisotopic (exact) mass is 561 g/mol. The van der Waals surface area contributed by atoms with Crippen LogP contribution in [-0.4, -0.2) is 64.0 Å². The molecule has 12 heteroatoms. The Kier molecular flexibility index (Phi) is 7.46. The molecule has 208 valence electrons. The summed E-state index contributed by atoms with van der Waals surface area (Å²) in [5.41, 5.74) is 2.87. The summed E-state index contributed by atoms with van der Waals surface area (Å²) in [7, 11) is -3.24. The van der Waals surface area contributed by atoms with Gasteiger partial charge in [0.25, 0.3) is 5.89 Å². The van der Waals surface area contributed by atoms with Crippen LogP contribution < -0.4 is 10.6 Å². The molecule has 6 rings (SSSR count). The molecule has 2 aromatic heterocycles. The number of likely N-dealkylation sites (tertiary alicyclic amines) is 1. The van der Waals surface area contributed by atoms with Gasteiger partial charge in [-0.05, 0) is 68.1 Å². The van der Waals surface area contributed by atoms with E-state index in [9.17, 15) is 13.5 Å². The van der Waals surface area contributed by atoms with E-state index in [0.29, 0.717) is 53.1 Å². The second-order valence-electron chi connectivity index (χ2n) is 10.1. The largest absolute Gasteiger partial charge is 0.394 e. The Balaban J connectivity index is 1.31. The molecule has 0 bridgehead atoms. The van der Waals surface area contributed by atoms with Crippen molar-refractivity contribution < 1.29 is 18.0 Å². The van der Waals surface area contributed by atoms with Gasteiger partial charge >= 0.3 is 0 Å². The smallest absolute Gasteiger partial charge is 0.263 e. The van der Waals surface area contributed by atoms with Crippen LogP contribution in [0.15, 0.2) is 64.1 Å². The van der Waals surface area contributed by atoms with Crippen LogP contribution >= 0.6 is 0 Å². The molecule has 11 nitrogen and oxygen atoms in total. The number of fused-ring (bicyclic) bond motifs is 1. The highest BCUT2D eigenvalue weighted by Gasteiger charge is 2.24. The number of aliphatic hydroxyl groups excluding tert-OH is 1. The van der Waals surface area contributed by atoms with Gasteiger partial charge in [-0.15, -0.1) is 0 Å². The number of sulfone groups is 1. The molecule has 1 saturated heterocycles. The molecule has 4 aromatic rings. The predicted octanol–water partition coefficient (Wildman–Crippen LogP) is 3.73. The van der Waals surface area contributed by atoms with E-state index < -0.39 is 15.9 Å². The number of aliphatic hydroxyl groups is 1. The number of rotatable bonds is 9. The average molecular weight is 562 g/mol. The van der Waals surface area contributed by atoms with Crippen LogP contribution in [0.3, 0.4) is 0 Å². The molecule has 3 N–H and O–H groups in total. The zero-order chi connectivity index (χ0) is 27.5. The molecule has 0 spiro atoms. The summed E-state index contributed by atoms with van der Waals surface area (Å²) in [6.45, 7) is 2.48. The lowest BCUT2D eigenvalue weighted by atomic mass is 10.1. The first-order chi connectivity index (χ1) is 19.5. The Hall–Kier alpha value is -3.87. The summed E-state index contributed by atoms with van der Waals surface area (Å²) < 4.78 is 30.4. The molecule has 0 radical (unpaired) electrons. The zero-order valence-electron chi connectivity index (χ0n) is 22.0. The third-order valence-corrected chi connectivity index (χ3v) is 9.15. The highest BCUT2D eigenvalue weighted by Crippen LogP contribution is 2.31. The molecule has 40 heavy (non-hydrogen) atoms. The normalized spacial score (nSPS) is 17.3. The number of hydrogen-bond donors (Lipinski definition) is 3. The Morgan fingerprint density at radius 3 is 2.67 bits per heavy atom. The quantitative estimate of drug-likeness (QED) is 0.275. The third kappa shape index (κ3) is 5.69. The molecule has 1 fully saturated rings. The molecule has 0 aliphatic carbocycles. The van der Waals surface area contributed by atoms with E-state index in [1.165, 1.54) is 12.8 Å². The summed E-state index contributed by atoms with van der Waals surface area (Å²) >= 11 is 0. The maximum absolute atomic E-state index is 12.4. The number of anilines is 3. The Morgan fingerprint density at radius 2 is 1.88 bits per heavy atom. The Bertz CT molecular complexity index is 1590. The van der Waals surface area contributed by atoms with Gasteiger partial charge in [0.1, 0.15) is 11.4 Å². The van der Waals surface area contributed by atoms with Crippen molar-refractivity contribution in [3.8, 4) is 11.5 Å². The van der Waals surface area contributed by atoms with Crippen molar-refractivity contribution in [2.45, 2.75) is 43.2 Å². The van der Waals surface area contributed by atoms with Crippen molar-refractivity contribution in [1.29, 1.82) is 0 Å². The van der Waals surface area contributed by atoms with Gasteiger partial charge in [0.05, 0.1) is 29.8 Å². The first-order valence-electron chi connectivity index (χ1n) is 13.5. The molecule has 1 atom stereocenters. The Morgan fingerprint density at radius 1 is 1.05 bits per heavy atom. The van der Waals surface area contributed by atoms with E-state index >= 15 is 0 Å². The maximum Gasteiger partial charge on any atom is 0.263 e. The van der Waals surface area contributed by atoms with E-state index in [2.05, 4.69) is 30.7 Å². The molecule has 2 aromatic carbocycles. The van der Waals surface area contributed by atoms with Crippen molar-refractivity contribution in [3.05, 3.63) is 71.7 Å². The number of nitrogens with one attached hydrogen (secondary N) is 2. The van der Waals surface area contributed by atoms with Crippen LogP contribution in [0.4, 0.5) is 17.5 Å². The minimum absolute atomic E-state index is 0.167. The van der Waals surface area contributed by atoms with Crippen LogP contribution in [0.5, 0.6) is 0 Å². The van der Waals surface area contributed by atoms with E-state index in [4.69, 9.17) is 9.51 Å². The van der Waals surface area contributed by atoms with Crippen molar-refractivity contribution >= 4 is 27.3 Å². The summed E-state index contributed by atoms with van der Waals surface area (Å²) in [5.74, 6) is 1.77. The molecule has 0 saturated carbocycles. The average Bonchev–Trinajstić information content (AvgIpc) is 3.65. The first kappa shape index (κ1) is 26.4. The van der Waals surface area contributed by atoms with Gasteiger partial charge in [-0.2, -0.15) is 9.97 Å². The molecule has 0 amide bonds. The van der Waals surface area contributed by atoms with Gasteiger partial charge in [0.2, 0.25) is 5.95 Å². The standard InChI is InChI=1S/C28H31N7O4S/c36-18-23(19-7-2-1-3-8-19)31-26-22(27-32-25(34-39-27)17-35-12-4-5-13-35)16-29-28(33-26)30-21-10-11-24-20(15-21)9-6-14-40(24,37)38/h1-3,7-8,10-11,15-16,23,36H,4-6,9,12-14,17-18H2,(H2,29,30,31,33)/t23-/m1/s1. The van der Waals surface area contributed by atoms with Crippen molar-refractivity contribution in [2.75, 3.05) is 36.1 Å². The lowest BCUT2D eigenvalue weighted by Crippen LogP contribution is -2.19. The molecule has 0 unspecified atom stereocenters. The summed E-state index contributed by atoms with van der Waals surface area (Å²) in [4.78, 5) is 16.5. The molecule has 2 aliphatic heterocycles. The summed E-state index contributed by atoms with van der Waals surface area (Å²) in [5, 5.41) is 20.9. The summed E-state index contributed by atoms with van der Waals surface area (Å²) in [6, 6.07) is 14.3. The third-order valence-electron chi connectivity index (χ3n) is 7.26. The van der Waals surface area contributed by atoms with Gasteiger partial charge < -0.3 is 20.3 Å². The minimum Gasteiger partial charge on any atom is -0.394 e. The number of hydrogen-bond acceptors (Lipinski definition) is 11. The van der Waals surface area contributed by atoms with Gasteiger partial charge in [0, 0.05) is 11.9 Å². The molecule has 2 aliphatic rings. The fraction of sp³-hybridized carbons (Fsp3) is 0.357. The lowest BCUT2D eigenvalue weighted by molar-refractivity contribution is 0.276. The fourth-order valence-electron chi connectivity index (χ4n) is 5.21. The molecule has 4 heterocycles. The Labute approximate surface area is 232 Å². The van der Waals surface area contributed by atoms with Crippen LogP contribution in [0.2, 0.25) is 0 Å². The van der Waals surface area contributed by atoms with Crippen molar-refractivity contribution in [2.24, 2.45) is 0 Å². The van der Waals surface area contributed by atoms with Gasteiger partial charge in [0.15, 0.2) is 15.7 Å². The number of nitrogens with zero attached hydrogens (tertiary/aromatic N) is 5. The van der Waals surface area contributed by atoms with E-state index in [1.54, 1.807) is 18.3 Å². The second-order valence-corrected chi connectivity index (χ2v) is 12.2. The number of benzene rings is 2. The maximum atomic E-state index is 12.4. The van der Waals surface area contributed by atoms with Gasteiger partial charge in [-0.1, -0.05) is 35.5 Å². The van der Waals surface area contributed by atoms with Crippen molar-refractivity contribution in [1.82, 2.24) is 25.0 Å². The van der Waals surface area contributed by atoms with E-state index in [-0.39, 0.29) is 18.3 Å². The highest BCUT2D eigenvalue weighted by atomic mass is 32.2. The molecular weight excluding hydrogens is 530 g/mol. The van der Waals surface area contributed by atoms with Crippen LogP contribution in [0, 0.1) is 0 Å². The first-order valence-corrected chi connectivity index (χ1v) is 15.1. The fourth-order valence-corrected chi connectivity index (χ4v) is 6.79. The topological polar surface area (TPSA) is 146 Å². The van der Waals surface area contributed by atoms with E-state index in [0.717, 1.165) is 24.2 Å². The van der Waals surface area contributed by atoms with Crippen molar-refractivity contribution in [3.63, 3.8) is 0 Å². The second kappa shape index (κ2) is 11.3. The number of aryl methyl sites for hydroxylation is 1. The van der Waals surface area contributed by atoms with Gasteiger partial charge in [-0.3, -0.25) is 4.90 Å². The predicted molar refractivity (Wildman–Crippen MR) is 150 cm³/mol. The van der Waals surface area contributed by atoms with Crippen LogP contribution in [0.1, 0.15) is 42.3 Å². The van der Waals surface area contributed by atoms with Crippen LogP contribution in [-0.2, 0) is 22.8 Å². The zero-order valence-corrected chi connectivity index (χ0v) is 22.8.